The van der Waals surface area contributed by atoms with Gasteiger partial charge in [-0.1, -0.05) is 53.5 Å². The second kappa shape index (κ2) is 7.89. The van der Waals surface area contributed by atoms with Crippen molar-refractivity contribution in [2.45, 2.75) is 25.3 Å². The zero-order valence-electron chi connectivity index (χ0n) is 13.5. The van der Waals surface area contributed by atoms with Crippen LogP contribution in [-0.2, 0) is 16.0 Å². The van der Waals surface area contributed by atoms with Crippen LogP contribution in [0.3, 0.4) is 0 Å². The van der Waals surface area contributed by atoms with Crippen molar-refractivity contribution in [1.29, 1.82) is 0 Å². The molecule has 0 spiro atoms. The van der Waals surface area contributed by atoms with Gasteiger partial charge in [0.2, 0.25) is 11.8 Å². The molecular weight excluding hydrogens is 359 g/mol. The summed E-state index contributed by atoms with van der Waals surface area (Å²) in [5.41, 5.74) is 1.44. The van der Waals surface area contributed by atoms with Gasteiger partial charge in [-0.15, -0.1) is 0 Å². The summed E-state index contributed by atoms with van der Waals surface area (Å²) in [5.74, 6) is -0.342. The highest BCUT2D eigenvalue weighted by Gasteiger charge is 2.32. The number of hydrogen-bond donors (Lipinski definition) is 2. The van der Waals surface area contributed by atoms with E-state index in [1.807, 2.05) is 30.3 Å². The molecule has 1 atom stereocenters. The quantitative estimate of drug-likeness (QED) is 0.797. The van der Waals surface area contributed by atoms with Gasteiger partial charge in [0.15, 0.2) is 0 Å². The molecule has 1 fully saturated rings. The molecule has 1 unspecified atom stereocenters. The van der Waals surface area contributed by atoms with Crippen molar-refractivity contribution in [3.8, 4) is 0 Å². The first-order valence-electron chi connectivity index (χ1n) is 8.13. The lowest BCUT2D eigenvalue weighted by Gasteiger charge is -2.19. The average Bonchev–Trinajstić information content (AvgIpc) is 3.42. The summed E-state index contributed by atoms with van der Waals surface area (Å²) in [4.78, 5) is 24.9. The molecule has 0 aliphatic heterocycles. The number of carbonyl (C=O) groups is 2. The lowest BCUT2D eigenvalue weighted by atomic mass is 10.0. The SMILES string of the molecule is O=C(NC(Cc1ccccc1)C(=O)Nc1ccc(Cl)cc1Cl)C1CC1. The summed E-state index contributed by atoms with van der Waals surface area (Å²) in [6.45, 7) is 0. The molecule has 130 valence electrons. The Kier molecular flexibility index (Phi) is 5.61. The number of carbonyl (C=O) groups excluding carboxylic acids is 2. The van der Waals surface area contributed by atoms with Crippen LogP contribution in [0, 0.1) is 5.92 Å². The maximum atomic E-state index is 12.7. The third-order valence-corrected chi connectivity index (χ3v) is 4.60. The number of rotatable bonds is 6. The van der Waals surface area contributed by atoms with Gasteiger partial charge in [-0.05, 0) is 36.6 Å². The molecule has 1 saturated carbocycles. The first-order valence-corrected chi connectivity index (χ1v) is 8.89. The van der Waals surface area contributed by atoms with E-state index in [2.05, 4.69) is 10.6 Å². The van der Waals surface area contributed by atoms with E-state index in [1.165, 1.54) is 0 Å². The molecule has 2 N–H and O–H groups in total. The van der Waals surface area contributed by atoms with E-state index < -0.39 is 6.04 Å². The molecule has 25 heavy (non-hydrogen) atoms. The molecular formula is C19H18Cl2N2O2. The monoisotopic (exact) mass is 376 g/mol. The molecule has 0 aromatic heterocycles. The fourth-order valence-electron chi connectivity index (χ4n) is 2.50. The topological polar surface area (TPSA) is 58.2 Å². The number of nitrogens with one attached hydrogen (secondary N) is 2. The Morgan fingerprint density at radius 2 is 1.80 bits per heavy atom. The van der Waals surface area contributed by atoms with Crippen molar-refractivity contribution in [3.63, 3.8) is 0 Å². The lowest BCUT2D eigenvalue weighted by Crippen LogP contribution is -2.45. The Hall–Kier alpha value is -2.04. The average molecular weight is 377 g/mol. The second-order valence-corrected chi connectivity index (χ2v) is 6.98. The minimum Gasteiger partial charge on any atom is -0.344 e. The van der Waals surface area contributed by atoms with Crippen molar-refractivity contribution < 1.29 is 9.59 Å². The van der Waals surface area contributed by atoms with Crippen LogP contribution in [0.1, 0.15) is 18.4 Å². The highest BCUT2D eigenvalue weighted by Crippen LogP contribution is 2.29. The first kappa shape index (κ1) is 17.8. The van der Waals surface area contributed by atoms with Crippen LogP contribution >= 0.6 is 23.2 Å². The van der Waals surface area contributed by atoms with Crippen LogP contribution in [0.5, 0.6) is 0 Å². The molecule has 6 heteroatoms. The smallest absolute Gasteiger partial charge is 0.247 e. The number of anilines is 1. The van der Waals surface area contributed by atoms with E-state index in [0.29, 0.717) is 22.2 Å². The van der Waals surface area contributed by atoms with Crippen LogP contribution in [0.2, 0.25) is 10.0 Å². The van der Waals surface area contributed by atoms with E-state index in [1.54, 1.807) is 18.2 Å². The van der Waals surface area contributed by atoms with E-state index in [4.69, 9.17) is 23.2 Å². The van der Waals surface area contributed by atoms with Gasteiger partial charge in [0.1, 0.15) is 6.04 Å². The van der Waals surface area contributed by atoms with Crippen molar-refractivity contribution in [1.82, 2.24) is 5.32 Å². The molecule has 0 heterocycles. The normalized spacial score (nSPS) is 14.6. The van der Waals surface area contributed by atoms with Gasteiger partial charge in [-0.2, -0.15) is 0 Å². The maximum Gasteiger partial charge on any atom is 0.247 e. The number of halogens is 2. The third-order valence-electron chi connectivity index (χ3n) is 4.05. The van der Waals surface area contributed by atoms with E-state index in [9.17, 15) is 9.59 Å². The summed E-state index contributed by atoms with van der Waals surface area (Å²) >= 11 is 12.0. The lowest BCUT2D eigenvalue weighted by molar-refractivity contribution is -0.127. The summed E-state index contributed by atoms with van der Waals surface area (Å²) in [6.07, 6.45) is 2.18. The van der Waals surface area contributed by atoms with Crippen LogP contribution < -0.4 is 10.6 Å². The van der Waals surface area contributed by atoms with Crippen LogP contribution in [0.4, 0.5) is 5.69 Å². The van der Waals surface area contributed by atoms with Crippen LogP contribution in [0.25, 0.3) is 0 Å². The maximum absolute atomic E-state index is 12.7. The van der Waals surface area contributed by atoms with Gasteiger partial charge in [-0.25, -0.2) is 0 Å². The zero-order valence-corrected chi connectivity index (χ0v) is 15.0. The molecule has 1 aliphatic rings. The van der Waals surface area contributed by atoms with E-state index >= 15 is 0 Å². The molecule has 3 rings (SSSR count). The molecule has 0 saturated heterocycles. The van der Waals surface area contributed by atoms with Crippen molar-refractivity contribution in [2.24, 2.45) is 5.92 Å². The summed E-state index contributed by atoms with van der Waals surface area (Å²) in [5, 5.41) is 6.48. The summed E-state index contributed by atoms with van der Waals surface area (Å²) in [7, 11) is 0. The largest absolute Gasteiger partial charge is 0.344 e. The Morgan fingerprint density at radius 1 is 1.08 bits per heavy atom. The second-order valence-electron chi connectivity index (χ2n) is 6.14. The first-order chi connectivity index (χ1) is 12.0. The molecule has 2 amide bonds. The van der Waals surface area contributed by atoms with Gasteiger partial charge >= 0.3 is 0 Å². The Balaban J connectivity index is 1.74. The Labute approximate surface area is 156 Å². The van der Waals surface area contributed by atoms with E-state index in [0.717, 1.165) is 18.4 Å². The summed E-state index contributed by atoms with van der Waals surface area (Å²) < 4.78 is 0. The van der Waals surface area contributed by atoms with E-state index in [-0.39, 0.29) is 17.7 Å². The van der Waals surface area contributed by atoms with Gasteiger partial charge < -0.3 is 10.6 Å². The number of amides is 2. The Bertz CT molecular complexity index is 776. The highest BCUT2D eigenvalue weighted by molar-refractivity contribution is 6.36. The molecule has 4 nitrogen and oxygen atoms in total. The fourth-order valence-corrected chi connectivity index (χ4v) is 2.96. The van der Waals surface area contributed by atoms with Crippen LogP contribution in [0.15, 0.2) is 48.5 Å². The van der Waals surface area contributed by atoms with Crippen molar-refractivity contribution in [2.75, 3.05) is 5.32 Å². The summed E-state index contributed by atoms with van der Waals surface area (Å²) in [6, 6.07) is 13.8. The number of hydrogen-bond acceptors (Lipinski definition) is 2. The molecule has 2 aromatic carbocycles. The molecule has 1 aliphatic carbocycles. The Morgan fingerprint density at radius 3 is 2.44 bits per heavy atom. The van der Waals surface area contributed by atoms with Crippen molar-refractivity contribution in [3.05, 3.63) is 64.1 Å². The van der Waals surface area contributed by atoms with Gasteiger partial charge in [-0.3, -0.25) is 9.59 Å². The molecule has 0 bridgehead atoms. The number of benzene rings is 2. The van der Waals surface area contributed by atoms with Crippen LogP contribution in [-0.4, -0.2) is 17.9 Å². The zero-order chi connectivity index (χ0) is 17.8. The third kappa shape index (κ3) is 4.97. The minimum absolute atomic E-state index is 0.0326. The molecule has 0 radical (unpaired) electrons. The predicted octanol–water partition coefficient (Wildman–Crippen LogP) is 4.07. The standard InChI is InChI=1S/C19H18Cl2N2O2/c20-14-8-9-16(15(21)11-14)22-19(25)17(23-18(24)13-6-7-13)10-12-4-2-1-3-5-12/h1-5,8-9,11,13,17H,6-7,10H2,(H,22,25)(H,23,24). The predicted molar refractivity (Wildman–Crippen MR) is 99.9 cm³/mol. The highest BCUT2D eigenvalue weighted by atomic mass is 35.5. The minimum atomic E-state index is -0.665. The molecule has 2 aromatic rings. The van der Waals surface area contributed by atoms with Gasteiger partial charge in [0, 0.05) is 17.4 Å². The van der Waals surface area contributed by atoms with Gasteiger partial charge in [0.05, 0.1) is 10.7 Å². The van der Waals surface area contributed by atoms with Gasteiger partial charge in [0.25, 0.3) is 0 Å². The van der Waals surface area contributed by atoms with Crippen molar-refractivity contribution >= 4 is 40.7 Å². The fraction of sp³-hybridized carbons (Fsp3) is 0.263.